The van der Waals surface area contributed by atoms with E-state index in [4.69, 9.17) is 8.83 Å². The van der Waals surface area contributed by atoms with Crippen LogP contribution in [0.5, 0.6) is 0 Å². The molecule has 0 spiro atoms. The second-order valence-corrected chi connectivity index (χ2v) is 10.9. The first-order chi connectivity index (χ1) is 21.3. The van der Waals surface area contributed by atoms with Crippen LogP contribution in [-0.4, -0.2) is 0 Å². The molecule has 3 nitrogen and oxygen atoms in total. The van der Waals surface area contributed by atoms with Gasteiger partial charge < -0.3 is 13.7 Å². The van der Waals surface area contributed by atoms with E-state index >= 15 is 0 Å². The Balaban J connectivity index is 1.27. The molecule has 0 aliphatic rings. The zero-order valence-electron chi connectivity index (χ0n) is 23.2. The Morgan fingerprint density at radius 1 is 0.395 bits per heavy atom. The average molecular weight is 552 g/mol. The van der Waals surface area contributed by atoms with Crippen molar-refractivity contribution in [1.82, 2.24) is 0 Å². The zero-order valence-corrected chi connectivity index (χ0v) is 23.2. The molecule has 0 aliphatic heterocycles. The predicted molar refractivity (Wildman–Crippen MR) is 179 cm³/mol. The second kappa shape index (κ2) is 9.37. The number of nitrogens with zero attached hydrogens (tertiary/aromatic N) is 1. The highest BCUT2D eigenvalue weighted by Crippen LogP contribution is 2.44. The van der Waals surface area contributed by atoms with Crippen LogP contribution in [0.15, 0.2) is 160 Å². The standard InChI is InChI=1S/C40H25NO2/c1-2-9-26(10-3-1)27-17-20-29(21-18-27)41(35-13-8-16-38-39(35)34-12-5-7-15-37(34)42-38)30-22-24-31-28(25-30)19-23-33-32-11-4-6-14-36(32)43-40(31)33/h1-25H. The summed E-state index contributed by atoms with van der Waals surface area (Å²) >= 11 is 0. The van der Waals surface area contributed by atoms with Crippen molar-refractivity contribution in [3.05, 3.63) is 152 Å². The third kappa shape index (κ3) is 3.75. The molecule has 9 aromatic rings. The van der Waals surface area contributed by atoms with Crippen LogP contribution >= 0.6 is 0 Å². The maximum Gasteiger partial charge on any atom is 0.143 e. The fourth-order valence-electron chi connectivity index (χ4n) is 6.44. The highest BCUT2D eigenvalue weighted by Gasteiger charge is 2.20. The van der Waals surface area contributed by atoms with E-state index in [0.717, 1.165) is 71.7 Å². The molecule has 202 valence electrons. The maximum absolute atomic E-state index is 6.36. The Hall–Kier alpha value is -5.80. The molecule has 0 saturated heterocycles. The number of para-hydroxylation sites is 2. The number of benzene rings is 7. The molecule has 2 heterocycles. The summed E-state index contributed by atoms with van der Waals surface area (Å²) in [7, 11) is 0. The molecule has 0 radical (unpaired) electrons. The first-order valence-corrected chi connectivity index (χ1v) is 14.5. The fourth-order valence-corrected chi connectivity index (χ4v) is 6.44. The second-order valence-electron chi connectivity index (χ2n) is 10.9. The fraction of sp³-hybridized carbons (Fsp3) is 0. The van der Waals surface area contributed by atoms with Crippen molar-refractivity contribution in [1.29, 1.82) is 0 Å². The average Bonchev–Trinajstić information content (AvgIpc) is 3.65. The largest absolute Gasteiger partial charge is 0.456 e. The van der Waals surface area contributed by atoms with Gasteiger partial charge in [-0.05, 0) is 77.2 Å². The minimum atomic E-state index is 0.870. The minimum absolute atomic E-state index is 0.870. The summed E-state index contributed by atoms with van der Waals surface area (Å²) in [5.74, 6) is 0. The molecule has 9 rings (SSSR count). The van der Waals surface area contributed by atoms with Crippen LogP contribution in [0.2, 0.25) is 0 Å². The van der Waals surface area contributed by atoms with Crippen LogP contribution in [0, 0.1) is 0 Å². The Bertz CT molecular complexity index is 2450. The van der Waals surface area contributed by atoms with Crippen molar-refractivity contribution in [2.24, 2.45) is 0 Å². The van der Waals surface area contributed by atoms with Gasteiger partial charge in [-0.3, -0.25) is 0 Å². The first-order valence-electron chi connectivity index (χ1n) is 14.5. The van der Waals surface area contributed by atoms with Gasteiger partial charge >= 0.3 is 0 Å². The van der Waals surface area contributed by atoms with Crippen LogP contribution in [0.1, 0.15) is 0 Å². The maximum atomic E-state index is 6.36. The summed E-state index contributed by atoms with van der Waals surface area (Å²) in [5.41, 5.74) is 9.17. The normalized spacial score (nSPS) is 11.7. The van der Waals surface area contributed by atoms with E-state index in [1.807, 2.05) is 36.4 Å². The van der Waals surface area contributed by atoms with Gasteiger partial charge in [-0.1, -0.05) is 91.0 Å². The molecule has 0 N–H and O–H groups in total. The lowest BCUT2D eigenvalue weighted by molar-refractivity contribution is 0.669. The summed E-state index contributed by atoms with van der Waals surface area (Å²) in [6.07, 6.45) is 0. The number of anilines is 3. The lowest BCUT2D eigenvalue weighted by Gasteiger charge is -2.27. The summed E-state index contributed by atoms with van der Waals surface area (Å²) < 4.78 is 12.7. The zero-order chi connectivity index (χ0) is 28.3. The topological polar surface area (TPSA) is 29.5 Å². The van der Waals surface area contributed by atoms with E-state index in [1.165, 1.54) is 11.1 Å². The van der Waals surface area contributed by atoms with Crippen molar-refractivity contribution < 1.29 is 8.83 Å². The van der Waals surface area contributed by atoms with Gasteiger partial charge in [-0.15, -0.1) is 0 Å². The molecule has 2 aromatic heterocycles. The van der Waals surface area contributed by atoms with Gasteiger partial charge in [0.1, 0.15) is 22.3 Å². The van der Waals surface area contributed by atoms with Crippen LogP contribution in [0.25, 0.3) is 65.8 Å². The van der Waals surface area contributed by atoms with Gasteiger partial charge in [0.15, 0.2) is 0 Å². The molecule has 43 heavy (non-hydrogen) atoms. The van der Waals surface area contributed by atoms with E-state index in [9.17, 15) is 0 Å². The molecule has 3 heteroatoms. The lowest BCUT2D eigenvalue weighted by Crippen LogP contribution is -2.10. The van der Waals surface area contributed by atoms with Crippen molar-refractivity contribution in [2.75, 3.05) is 4.90 Å². The number of furan rings is 2. The number of fused-ring (bicyclic) bond motifs is 8. The van der Waals surface area contributed by atoms with Crippen LogP contribution in [0.3, 0.4) is 0 Å². The third-order valence-electron chi connectivity index (χ3n) is 8.46. The highest BCUT2D eigenvalue weighted by atomic mass is 16.3. The van der Waals surface area contributed by atoms with Crippen molar-refractivity contribution in [2.45, 2.75) is 0 Å². The van der Waals surface area contributed by atoms with E-state index in [1.54, 1.807) is 0 Å². The Labute approximate surface area is 247 Å². The van der Waals surface area contributed by atoms with Gasteiger partial charge in [0, 0.05) is 32.9 Å². The Morgan fingerprint density at radius 3 is 1.88 bits per heavy atom. The molecule has 7 aromatic carbocycles. The quantitative estimate of drug-likeness (QED) is 0.218. The van der Waals surface area contributed by atoms with Crippen LogP contribution in [0.4, 0.5) is 17.1 Å². The van der Waals surface area contributed by atoms with Gasteiger partial charge in [-0.25, -0.2) is 0 Å². The van der Waals surface area contributed by atoms with Crippen molar-refractivity contribution >= 4 is 71.7 Å². The first kappa shape index (κ1) is 23.9. The smallest absolute Gasteiger partial charge is 0.143 e. The van der Waals surface area contributed by atoms with Crippen LogP contribution in [-0.2, 0) is 0 Å². The van der Waals surface area contributed by atoms with E-state index in [0.29, 0.717) is 0 Å². The van der Waals surface area contributed by atoms with Gasteiger partial charge in [0.25, 0.3) is 0 Å². The molecule has 0 fully saturated rings. The van der Waals surface area contributed by atoms with E-state index in [2.05, 4.69) is 120 Å². The number of hydrogen-bond acceptors (Lipinski definition) is 3. The van der Waals surface area contributed by atoms with Crippen molar-refractivity contribution in [3.8, 4) is 11.1 Å². The summed E-state index contributed by atoms with van der Waals surface area (Å²) in [6, 6.07) is 53.1. The summed E-state index contributed by atoms with van der Waals surface area (Å²) in [6.45, 7) is 0. The summed E-state index contributed by atoms with van der Waals surface area (Å²) in [4.78, 5) is 2.33. The lowest BCUT2D eigenvalue weighted by atomic mass is 10.0. The molecular weight excluding hydrogens is 526 g/mol. The minimum Gasteiger partial charge on any atom is -0.456 e. The summed E-state index contributed by atoms with van der Waals surface area (Å²) in [5, 5.41) is 6.70. The van der Waals surface area contributed by atoms with E-state index in [-0.39, 0.29) is 0 Å². The Kier molecular flexibility index (Phi) is 5.20. The SMILES string of the molecule is c1ccc(-c2ccc(N(c3ccc4c(ccc5c6ccccc6oc45)c3)c3cccc4oc5ccccc5c34)cc2)cc1. The predicted octanol–water partition coefficient (Wildman–Crippen LogP) is 11.8. The van der Waals surface area contributed by atoms with Gasteiger partial charge in [-0.2, -0.15) is 0 Å². The Morgan fingerprint density at radius 2 is 1.05 bits per heavy atom. The highest BCUT2D eigenvalue weighted by molar-refractivity contribution is 6.16. The molecule has 0 aliphatic carbocycles. The molecule has 0 amide bonds. The molecule has 0 unspecified atom stereocenters. The van der Waals surface area contributed by atoms with Gasteiger partial charge in [0.2, 0.25) is 0 Å². The van der Waals surface area contributed by atoms with Gasteiger partial charge in [0.05, 0.1) is 11.1 Å². The monoisotopic (exact) mass is 551 g/mol. The van der Waals surface area contributed by atoms with E-state index < -0.39 is 0 Å². The third-order valence-corrected chi connectivity index (χ3v) is 8.46. The molecule has 0 atom stereocenters. The van der Waals surface area contributed by atoms with Crippen LogP contribution < -0.4 is 4.90 Å². The number of hydrogen-bond donors (Lipinski definition) is 0. The molecular formula is C40H25NO2. The molecule has 0 saturated carbocycles. The van der Waals surface area contributed by atoms with Crippen molar-refractivity contribution in [3.63, 3.8) is 0 Å². The number of rotatable bonds is 4. The molecule has 0 bridgehead atoms.